The maximum Gasteiger partial charge on any atom is 0.166 e. The van der Waals surface area contributed by atoms with Crippen LogP contribution in [0.15, 0.2) is 52.3 Å². The van der Waals surface area contributed by atoms with Crippen molar-refractivity contribution in [3.05, 3.63) is 59.2 Å². The highest BCUT2D eigenvalue weighted by Crippen LogP contribution is 2.41. The average molecular weight is 308 g/mol. The molecule has 2 aliphatic rings. The largest absolute Gasteiger partial charge is 0.294 e. The van der Waals surface area contributed by atoms with E-state index in [2.05, 4.69) is 36.4 Å². The van der Waals surface area contributed by atoms with E-state index in [9.17, 15) is 4.79 Å². The van der Waals surface area contributed by atoms with Gasteiger partial charge in [0.05, 0.1) is 0 Å². The Bertz CT molecular complexity index is 713. The summed E-state index contributed by atoms with van der Waals surface area (Å²) in [7, 11) is 0. The van der Waals surface area contributed by atoms with Crippen molar-refractivity contribution in [1.29, 1.82) is 0 Å². The van der Waals surface area contributed by atoms with Crippen LogP contribution in [0.3, 0.4) is 0 Å². The molecule has 0 bridgehead atoms. The van der Waals surface area contributed by atoms with Gasteiger partial charge in [-0.3, -0.25) is 4.79 Å². The van der Waals surface area contributed by atoms with Crippen LogP contribution < -0.4 is 0 Å². The van der Waals surface area contributed by atoms with E-state index in [4.69, 9.17) is 0 Å². The topological polar surface area (TPSA) is 17.1 Å². The molecule has 4 rings (SSSR count). The third kappa shape index (κ3) is 2.50. The van der Waals surface area contributed by atoms with Crippen molar-refractivity contribution < 1.29 is 4.79 Å². The molecular formula is C20H20OS. The lowest BCUT2D eigenvalue weighted by atomic mass is 9.82. The fraction of sp³-hybridized carbons (Fsp3) is 0.350. The normalized spacial score (nSPS) is 17.6. The Balaban J connectivity index is 1.70. The number of hydrogen-bond acceptors (Lipinski definition) is 2. The van der Waals surface area contributed by atoms with Gasteiger partial charge in [0.1, 0.15) is 0 Å². The number of carbonyl (C=O) groups excluding carboxylic acids is 1. The number of Topliss-reactive ketones (excluding diaryl/α,β-unsaturated/α-hetero) is 1. The first kappa shape index (κ1) is 14.1. The van der Waals surface area contributed by atoms with Gasteiger partial charge < -0.3 is 0 Å². The molecule has 1 fully saturated rings. The molecule has 1 saturated carbocycles. The number of benzene rings is 2. The summed E-state index contributed by atoms with van der Waals surface area (Å²) in [6.07, 6.45) is 6.76. The van der Waals surface area contributed by atoms with Crippen molar-refractivity contribution in [2.75, 3.05) is 0 Å². The second kappa shape index (κ2) is 5.92. The highest BCUT2D eigenvalue weighted by Gasteiger charge is 2.27. The summed E-state index contributed by atoms with van der Waals surface area (Å²) in [6, 6.07) is 14.8. The van der Waals surface area contributed by atoms with E-state index in [0.29, 0.717) is 5.78 Å². The van der Waals surface area contributed by atoms with Crippen molar-refractivity contribution in [1.82, 2.24) is 0 Å². The smallest absolute Gasteiger partial charge is 0.166 e. The number of fused-ring (bicyclic) bond motifs is 2. The highest BCUT2D eigenvalue weighted by molar-refractivity contribution is 7.99. The molecule has 1 aliphatic carbocycles. The Hall–Kier alpha value is -1.54. The first-order valence-electron chi connectivity index (χ1n) is 8.25. The molecule has 2 aromatic carbocycles. The predicted molar refractivity (Wildman–Crippen MR) is 90.7 cm³/mol. The Kier molecular flexibility index (Phi) is 3.79. The second-order valence-electron chi connectivity index (χ2n) is 6.37. The molecule has 0 unspecified atom stereocenters. The van der Waals surface area contributed by atoms with Crippen LogP contribution in [0.5, 0.6) is 0 Å². The summed E-state index contributed by atoms with van der Waals surface area (Å²) >= 11 is 1.81. The highest BCUT2D eigenvalue weighted by atomic mass is 32.2. The second-order valence-corrected chi connectivity index (χ2v) is 7.45. The summed E-state index contributed by atoms with van der Waals surface area (Å²) in [4.78, 5) is 15.6. The van der Waals surface area contributed by atoms with Crippen LogP contribution in [0, 0.1) is 5.92 Å². The molecule has 0 radical (unpaired) electrons. The van der Waals surface area contributed by atoms with Gasteiger partial charge in [-0.05, 0) is 36.1 Å². The fourth-order valence-electron chi connectivity index (χ4n) is 3.72. The third-order valence-electron chi connectivity index (χ3n) is 4.93. The molecule has 2 aromatic rings. The van der Waals surface area contributed by atoms with E-state index in [1.165, 1.54) is 40.2 Å². The minimum absolute atomic E-state index is 0.252. The van der Waals surface area contributed by atoms with Gasteiger partial charge in [-0.15, -0.1) is 0 Å². The zero-order chi connectivity index (χ0) is 14.9. The molecule has 0 saturated heterocycles. The van der Waals surface area contributed by atoms with E-state index in [1.807, 2.05) is 17.8 Å². The summed E-state index contributed by atoms with van der Waals surface area (Å²) in [5, 5.41) is 0. The van der Waals surface area contributed by atoms with Crippen LogP contribution in [0.4, 0.5) is 0 Å². The van der Waals surface area contributed by atoms with Crippen molar-refractivity contribution >= 4 is 17.5 Å². The fourth-order valence-corrected chi connectivity index (χ4v) is 4.82. The molecule has 0 spiro atoms. The summed E-state index contributed by atoms with van der Waals surface area (Å²) in [5.74, 6) is 0.638. The molecule has 1 aliphatic heterocycles. The molecule has 1 heterocycles. The maximum atomic E-state index is 13.0. The van der Waals surface area contributed by atoms with E-state index in [0.717, 1.165) is 24.8 Å². The molecule has 22 heavy (non-hydrogen) atoms. The Labute approximate surface area is 136 Å². The van der Waals surface area contributed by atoms with Crippen LogP contribution in [0.1, 0.15) is 53.6 Å². The summed E-state index contributed by atoms with van der Waals surface area (Å²) < 4.78 is 0. The van der Waals surface area contributed by atoms with Crippen molar-refractivity contribution in [2.45, 2.75) is 48.3 Å². The van der Waals surface area contributed by atoms with E-state index < -0.39 is 0 Å². The van der Waals surface area contributed by atoms with Gasteiger partial charge in [-0.2, -0.15) is 0 Å². The Morgan fingerprint density at radius 2 is 1.68 bits per heavy atom. The zero-order valence-corrected chi connectivity index (χ0v) is 13.5. The molecule has 1 nitrogen and oxygen atoms in total. The number of ketones is 1. The number of carbonyl (C=O) groups is 1. The number of rotatable bonds is 2. The van der Waals surface area contributed by atoms with E-state index in [1.54, 1.807) is 0 Å². The predicted octanol–water partition coefficient (Wildman–Crippen LogP) is 5.51. The van der Waals surface area contributed by atoms with E-state index >= 15 is 0 Å². The van der Waals surface area contributed by atoms with Gasteiger partial charge in [0.2, 0.25) is 0 Å². The van der Waals surface area contributed by atoms with Gasteiger partial charge >= 0.3 is 0 Å². The van der Waals surface area contributed by atoms with Gasteiger partial charge in [0.25, 0.3) is 0 Å². The van der Waals surface area contributed by atoms with Crippen molar-refractivity contribution in [2.24, 2.45) is 5.92 Å². The van der Waals surface area contributed by atoms with Crippen LogP contribution in [0.25, 0.3) is 0 Å². The third-order valence-corrected chi connectivity index (χ3v) is 6.15. The van der Waals surface area contributed by atoms with Crippen LogP contribution >= 0.6 is 11.8 Å². The Morgan fingerprint density at radius 3 is 2.55 bits per heavy atom. The standard InChI is InChI=1S/C20H20OS/c21-20(14-7-2-1-3-8-14)16-10-6-12-19-17(16)13-15-9-4-5-11-18(15)22-19/h4-6,9-12,14H,1-3,7-8,13H2. The maximum absolute atomic E-state index is 13.0. The van der Waals surface area contributed by atoms with Gasteiger partial charge in [0.15, 0.2) is 5.78 Å². The first-order valence-corrected chi connectivity index (χ1v) is 9.06. The Morgan fingerprint density at radius 1 is 0.909 bits per heavy atom. The summed E-state index contributed by atoms with van der Waals surface area (Å²) in [5.41, 5.74) is 3.58. The van der Waals surface area contributed by atoms with Crippen LogP contribution in [-0.4, -0.2) is 5.78 Å². The molecular weight excluding hydrogens is 288 g/mol. The molecule has 0 amide bonds. The van der Waals surface area contributed by atoms with Gasteiger partial charge in [-0.1, -0.05) is 61.4 Å². The van der Waals surface area contributed by atoms with Crippen molar-refractivity contribution in [3.8, 4) is 0 Å². The lowest BCUT2D eigenvalue weighted by Crippen LogP contribution is -2.20. The number of hydrogen-bond donors (Lipinski definition) is 0. The molecule has 0 atom stereocenters. The first-order chi connectivity index (χ1) is 10.8. The van der Waals surface area contributed by atoms with Gasteiger partial charge in [0, 0.05) is 27.7 Å². The van der Waals surface area contributed by atoms with Crippen LogP contribution in [-0.2, 0) is 6.42 Å². The average Bonchev–Trinajstić information content (AvgIpc) is 2.59. The summed E-state index contributed by atoms with van der Waals surface area (Å²) in [6.45, 7) is 0. The van der Waals surface area contributed by atoms with E-state index in [-0.39, 0.29) is 5.92 Å². The molecule has 0 aromatic heterocycles. The van der Waals surface area contributed by atoms with Gasteiger partial charge in [-0.25, -0.2) is 0 Å². The molecule has 2 heteroatoms. The van der Waals surface area contributed by atoms with Crippen molar-refractivity contribution in [3.63, 3.8) is 0 Å². The van der Waals surface area contributed by atoms with Crippen LogP contribution in [0.2, 0.25) is 0 Å². The molecule has 0 N–H and O–H groups in total. The minimum atomic E-state index is 0.252. The lowest BCUT2D eigenvalue weighted by molar-refractivity contribution is 0.0888. The monoisotopic (exact) mass is 308 g/mol. The minimum Gasteiger partial charge on any atom is -0.294 e. The SMILES string of the molecule is O=C(c1cccc2c1Cc1ccccc1S2)C1CCCCC1. The lowest BCUT2D eigenvalue weighted by Gasteiger charge is -2.25. The zero-order valence-electron chi connectivity index (χ0n) is 12.7. The quantitative estimate of drug-likeness (QED) is 0.581. The molecule has 112 valence electrons.